The van der Waals surface area contributed by atoms with E-state index in [1.165, 1.54) is 5.56 Å². The summed E-state index contributed by atoms with van der Waals surface area (Å²) in [5.74, 6) is 0. The van der Waals surface area contributed by atoms with E-state index in [9.17, 15) is 5.11 Å². The fourth-order valence-electron chi connectivity index (χ4n) is 2.18. The third kappa shape index (κ3) is 1.18. The second kappa shape index (κ2) is 2.82. The van der Waals surface area contributed by atoms with Gasteiger partial charge in [0.15, 0.2) is 0 Å². The first-order chi connectivity index (χ1) is 6.16. The van der Waals surface area contributed by atoms with Crippen LogP contribution in [0.3, 0.4) is 0 Å². The molecule has 0 bridgehead atoms. The van der Waals surface area contributed by atoms with Gasteiger partial charge in [-0.2, -0.15) is 0 Å². The zero-order valence-electron chi connectivity index (χ0n) is 8.04. The summed E-state index contributed by atoms with van der Waals surface area (Å²) in [6, 6.07) is 8.23. The van der Waals surface area contributed by atoms with Crippen LogP contribution in [-0.4, -0.2) is 18.2 Å². The minimum atomic E-state index is -0.717. The molecule has 2 rings (SSSR count). The van der Waals surface area contributed by atoms with E-state index < -0.39 is 5.60 Å². The molecule has 2 atom stereocenters. The second-order valence-electron chi connectivity index (χ2n) is 3.85. The lowest BCUT2D eigenvalue weighted by molar-refractivity contribution is 0.0304. The number of rotatable bonds is 1. The summed E-state index contributed by atoms with van der Waals surface area (Å²) in [5.41, 5.74) is 1.60. The number of hydrogen-bond acceptors (Lipinski definition) is 2. The minimum Gasteiger partial charge on any atom is -0.384 e. The van der Waals surface area contributed by atoms with Crippen molar-refractivity contribution in [3.05, 3.63) is 35.4 Å². The number of likely N-dealkylation sites (N-methyl/N-ethyl adjacent to an activating group) is 1. The number of fused-ring (bicyclic) bond motifs is 1. The molecule has 0 spiro atoms. The number of hydrogen-bond donors (Lipinski definition) is 2. The molecule has 13 heavy (non-hydrogen) atoms. The van der Waals surface area contributed by atoms with Crippen molar-refractivity contribution < 1.29 is 5.11 Å². The van der Waals surface area contributed by atoms with Crippen molar-refractivity contribution in [2.75, 3.05) is 7.05 Å². The van der Waals surface area contributed by atoms with Crippen molar-refractivity contribution in [3.8, 4) is 0 Å². The Kier molecular flexibility index (Phi) is 1.90. The molecule has 1 aromatic carbocycles. The van der Waals surface area contributed by atoms with Crippen molar-refractivity contribution in [3.63, 3.8) is 0 Å². The fourth-order valence-corrected chi connectivity index (χ4v) is 2.18. The highest BCUT2D eigenvalue weighted by atomic mass is 16.3. The monoisotopic (exact) mass is 177 g/mol. The van der Waals surface area contributed by atoms with Gasteiger partial charge in [0.1, 0.15) is 5.60 Å². The number of nitrogens with one attached hydrogen (secondary N) is 1. The summed E-state index contributed by atoms with van der Waals surface area (Å²) < 4.78 is 0. The molecule has 1 aromatic rings. The molecule has 0 aromatic heterocycles. The lowest BCUT2D eigenvalue weighted by Gasteiger charge is -2.26. The average Bonchev–Trinajstić information content (AvgIpc) is 2.39. The van der Waals surface area contributed by atoms with E-state index in [1.54, 1.807) is 0 Å². The smallest absolute Gasteiger partial charge is 0.103 e. The van der Waals surface area contributed by atoms with Gasteiger partial charge in [0.05, 0.1) is 0 Å². The first-order valence-corrected chi connectivity index (χ1v) is 4.64. The zero-order valence-corrected chi connectivity index (χ0v) is 8.04. The van der Waals surface area contributed by atoms with Gasteiger partial charge in [-0.3, -0.25) is 0 Å². The van der Waals surface area contributed by atoms with Crippen LogP contribution in [0.25, 0.3) is 0 Å². The van der Waals surface area contributed by atoms with Crippen molar-refractivity contribution >= 4 is 0 Å². The second-order valence-corrected chi connectivity index (χ2v) is 3.85. The van der Waals surface area contributed by atoms with Crippen LogP contribution in [0, 0.1) is 0 Å². The van der Waals surface area contributed by atoms with Gasteiger partial charge < -0.3 is 10.4 Å². The molecule has 0 aliphatic heterocycles. The summed E-state index contributed by atoms with van der Waals surface area (Å²) in [6.07, 6.45) is 0.916. The van der Waals surface area contributed by atoms with Crippen LogP contribution in [0.15, 0.2) is 24.3 Å². The largest absolute Gasteiger partial charge is 0.384 e. The molecule has 0 saturated heterocycles. The highest BCUT2D eigenvalue weighted by molar-refractivity contribution is 5.39. The van der Waals surface area contributed by atoms with E-state index in [-0.39, 0.29) is 6.04 Å². The Morgan fingerprint density at radius 3 is 2.77 bits per heavy atom. The van der Waals surface area contributed by atoms with Gasteiger partial charge in [0.2, 0.25) is 0 Å². The number of aliphatic hydroxyl groups is 1. The molecule has 0 heterocycles. The molecule has 0 saturated carbocycles. The van der Waals surface area contributed by atoms with E-state index in [4.69, 9.17) is 0 Å². The van der Waals surface area contributed by atoms with Crippen molar-refractivity contribution in [1.29, 1.82) is 0 Å². The van der Waals surface area contributed by atoms with Gasteiger partial charge >= 0.3 is 0 Å². The lowest BCUT2D eigenvalue weighted by atomic mass is 9.95. The van der Waals surface area contributed by atoms with Gasteiger partial charge in [-0.1, -0.05) is 24.3 Å². The average molecular weight is 177 g/mol. The predicted molar refractivity (Wildman–Crippen MR) is 52.6 cm³/mol. The summed E-state index contributed by atoms with van der Waals surface area (Å²) in [4.78, 5) is 0. The molecule has 0 radical (unpaired) electrons. The van der Waals surface area contributed by atoms with Crippen LogP contribution in [0.1, 0.15) is 18.1 Å². The van der Waals surface area contributed by atoms with E-state index in [1.807, 2.05) is 32.2 Å². The zero-order chi connectivity index (χ0) is 9.47. The molecule has 0 amide bonds. The first kappa shape index (κ1) is 8.73. The molecule has 2 N–H and O–H groups in total. The maximum Gasteiger partial charge on any atom is 0.103 e. The Hall–Kier alpha value is -0.860. The van der Waals surface area contributed by atoms with Crippen LogP contribution in [0.5, 0.6) is 0 Å². The standard InChI is InChI=1S/C11H15NO/c1-11(13)9-6-4-3-5-8(9)7-10(11)12-2/h3-6,10,12-13H,7H2,1-2H3. The van der Waals surface area contributed by atoms with Crippen LogP contribution < -0.4 is 5.32 Å². The van der Waals surface area contributed by atoms with E-state index in [2.05, 4.69) is 11.4 Å². The Labute approximate surface area is 78.6 Å². The van der Waals surface area contributed by atoms with Gasteiger partial charge in [-0.05, 0) is 31.5 Å². The molecule has 2 nitrogen and oxygen atoms in total. The van der Waals surface area contributed by atoms with E-state index >= 15 is 0 Å². The van der Waals surface area contributed by atoms with Crippen LogP contribution in [-0.2, 0) is 12.0 Å². The molecule has 2 heteroatoms. The fraction of sp³-hybridized carbons (Fsp3) is 0.455. The number of benzene rings is 1. The van der Waals surface area contributed by atoms with Gasteiger partial charge in [-0.15, -0.1) is 0 Å². The Bertz CT molecular complexity index is 320. The molecule has 0 fully saturated rings. The Balaban J connectivity index is 2.47. The Morgan fingerprint density at radius 1 is 1.46 bits per heavy atom. The van der Waals surface area contributed by atoms with Crippen LogP contribution >= 0.6 is 0 Å². The summed E-state index contributed by atoms with van der Waals surface area (Å²) in [5, 5.41) is 13.4. The van der Waals surface area contributed by atoms with E-state index in [0.29, 0.717) is 0 Å². The van der Waals surface area contributed by atoms with Gasteiger partial charge in [0.25, 0.3) is 0 Å². The molecule has 2 unspecified atom stereocenters. The molecule has 70 valence electrons. The van der Waals surface area contributed by atoms with E-state index in [0.717, 1.165) is 12.0 Å². The topological polar surface area (TPSA) is 32.3 Å². The highest BCUT2D eigenvalue weighted by Crippen LogP contribution is 2.36. The molecular formula is C11H15NO. The van der Waals surface area contributed by atoms with Crippen LogP contribution in [0.4, 0.5) is 0 Å². The normalized spacial score (nSPS) is 31.8. The third-order valence-corrected chi connectivity index (χ3v) is 3.01. The van der Waals surface area contributed by atoms with Crippen molar-refractivity contribution in [2.45, 2.75) is 25.0 Å². The third-order valence-electron chi connectivity index (χ3n) is 3.01. The minimum absolute atomic E-state index is 0.143. The predicted octanol–water partition coefficient (Wildman–Crippen LogP) is 1.04. The lowest BCUT2D eigenvalue weighted by Crippen LogP contribution is -2.41. The first-order valence-electron chi connectivity index (χ1n) is 4.64. The maximum absolute atomic E-state index is 10.2. The molecular weight excluding hydrogens is 162 g/mol. The van der Waals surface area contributed by atoms with Gasteiger partial charge in [-0.25, -0.2) is 0 Å². The molecule has 1 aliphatic carbocycles. The SMILES string of the molecule is CNC1Cc2ccccc2C1(C)O. The van der Waals surface area contributed by atoms with Crippen molar-refractivity contribution in [2.24, 2.45) is 0 Å². The quantitative estimate of drug-likeness (QED) is 0.671. The summed E-state index contributed by atoms with van der Waals surface area (Å²) >= 11 is 0. The Morgan fingerprint density at radius 2 is 2.15 bits per heavy atom. The van der Waals surface area contributed by atoms with Crippen LogP contribution in [0.2, 0.25) is 0 Å². The van der Waals surface area contributed by atoms with Gasteiger partial charge in [0, 0.05) is 6.04 Å². The van der Waals surface area contributed by atoms with Crippen molar-refractivity contribution in [1.82, 2.24) is 5.32 Å². The molecule has 1 aliphatic rings. The summed E-state index contributed by atoms with van der Waals surface area (Å²) in [7, 11) is 1.89. The highest BCUT2D eigenvalue weighted by Gasteiger charge is 2.40. The maximum atomic E-state index is 10.2. The summed E-state index contributed by atoms with van der Waals surface area (Å²) in [6.45, 7) is 1.88.